The molecule has 40 heavy (non-hydrogen) atoms. The zero-order valence-corrected chi connectivity index (χ0v) is 25.2. The Morgan fingerprint density at radius 1 is 1.18 bits per heavy atom. The molecule has 0 unspecified atom stereocenters. The number of nitrogens with one attached hydrogen (secondary N) is 3. The molecule has 0 spiro atoms. The van der Waals surface area contributed by atoms with Crippen molar-refractivity contribution in [2.75, 3.05) is 6.61 Å². The van der Waals surface area contributed by atoms with Gasteiger partial charge in [-0.25, -0.2) is 9.37 Å². The van der Waals surface area contributed by atoms with Gasteiger partial charge in [0, 0.05) is 29.4 Å². The van der Waals surface area contributed by atoms with Crippen LogP contribution in [0.5, 0.6) is 5.75 Å². The predicted octanol–water partition coefficient (Wildman–Crippen LogP) is 6.97. The molecule has 3 aromatic rings. The number of fused-ring (bicyclic) bond motifs is 1. The minimum Gasteiger partial charge on any atom is -0.490 e. The lowest BCUT2D eigenvalue weighted by molar-refractivity contribution is -0.128. The van der Waals surface area contributed by atoms with E-state index in [-0.39, 0.29) is 54.3 Å². The van der Waals surface area contributed by atoms with Gasteiger partial charge in [-0.1, -0.05) is 57.0 Å². The number of nitrogens with zero attached hydrogens (tertiary/aromatic N) is 1. The lowest BCUT2D eigenvalue weighted by atomic mass is 9.87. The lowest BCUT2D eigenvalue weighted by Crippen LogP contribution is -2.37. The molecular formula is C30H37Cl2FN4O3. The first kappa shape index (κ1) is 30.1. The fourth-order valence-corrected chi connectivity index (χ4v) is 5.47. The summed E-state index contributed by atoms with van der Waals surface area (Å²) >= 11 is 13.2. The van der Waals surface area contributed by atoms with Gasteiger partial charge in [0.05, 0.1) is 22.7 Å². The maximum absolute atomic E-state index is 15.7. The van der Waals surface area contributed by atoms with Crippen molar-refractivity contribution >= 4 is 46.0 Å². The number of hydrogen-bond donors (Lipinski definition) is 3. The number of benzene rings is 2. The molecule has 2 amide bonds. The summed E-state index contributed by atoms with van der Waals surface area (Å²) in [6.07, 6.45) is 4.09. The molecule has 0 atom stereocenters. The van der Waals surface area contributed by atoms with Crippen molar-refractivity contribution in [3.63, 3.8) is 0 Å². The van der Waals surface area contributed by atoms with Crippen LogP contribution >= 0.6 is 23.2 Å². The maximum Gasteiger partial charge on any atom is 0.255 e. The Labute approximate surface area is 244 Å². The standard InChI is InChI=1S/C30H37Cl2FN4O3/c1-6-40-27-20(28(38)35-18-10-7-16(2)8-11-18)13-22-26(25(27)33)37-23(36-22)14-19-21(31)12-9-17(24(19)32)15-34-29(39)30(3,4)5/h9,12-13,16,18H,6-8,10-11,14-15H2,1-5H3,(H,34,39)(H,35,38)(H,36,37). The number of hydrogen-bond acceptors (Lipinski definition) is 4. The molecule has 0 radical (unpaired) electrons. The number of rotatable bonds is 8. The smallest absolute Gasteiger partial charge is 0.255 e. The third-order valence-electron chi connectivity index (χ3n) is 7.34. The Hall–Kier alpha value is -2.84. The summed E-state index contributed by atoms with van der Waals surface area (Å²) in [4.78, 5) is 33.1. The number of halogens is 3. The van der Waals surface area contributed by atoms with Crippen molar-refractivity contribution in [2.24, 2.45) is 11.3 Å². The molecule has 3 N–H and O–H groups in total. The van der Waals surface area contributed by atoms with Crippen molar-refractivity contribution in [2.45, 2.75) is 79.3 Å². The van der Waals surface area contributed by atoms with Crippen LogP contribution in [0.4, 0.5) is 4.39 Å². The van der Waals surface area contributed by atoms with Crippen molar-refractivity contribution in [1.82, 2.24) is 20.6 Å². The summed E-state index contributed by atoms with van der Waals surface area (Å²) in [5, 5.41) is 6.78. The van der Waals surface area contributed by atoms with Crippen molar-refractivity contribution < 1.29 is 18.7 Å². The molecule has 216 valence electrons. The highest BCUT2D eigenvalue weighted by atomic mass is 35.5. The van der Waals surface area contributed by atoms with E-state index in [2.05, 4.69) is 27.5 Å². The van der Waals surface area contributed by atoms with E-state index < -0.39 is 11.2 Å². The fourth-order valence-electron chi connectivity index (χ4n) is 4.90. The molecule has 1 fully saturated rings. The van der Waals surface area contributed by atoms with Gasteiger partial charge >= 0.3 is 0 Å². The van der Waals surface area contributed by atoms with Gasteiger partial charge in [-0.15, -0.1) is 0 Å². The summed E-state index contributed by atoms with van der Waals surface area (Å²) in [5.74, 6) is -0.196. The molecule has 0 bridgehead atoms. The number of carbonyl (C=O) groups is 2. The second-order valence-electron chi connectivity index (χ2n) is 11.6. The fraction of sp³-hybridized carbons (Fsp3) is 0.500. The quantitative estimate of drug-likeness (QED) is 0.264. The summed E-state index contributed by atoms with van der Waals surface area (Å²) in [5.41, 5.74) is 1.34. The number of imidazole rings is 1. The zero-order valence-electron chi connectivity index (χ0n) is 23.6. The van der Waals surface area contributed by atoms with Crippen LogP contribution < -0.4 is 15.4 Å². The Bertz CT molecular complexity index is 1410. The van der Waals surface area contributed by atoms with Gasteiger partial charge in [-0.05, 0) is 61.8 Å². The minimum absolute atomic E-state index is 0.0546. The molecule has 1 aliphatic carbocycles. The molecule has 1 aromatic heterocycles. The highest BCUT2D eigenvalue weighted by molar-refractivity contribution is 6.36. The molecule has 1 heterocycles. The normalized spacial score (nSPS) is 17.6. The monoisotopic (exact) mass is 590 g/mol. The van der Waals surface area contributed by atoms with E-state index in [0.717, 1.165) is 25.7 Å². The van der Waals surface area contributed by atoms with Crippen molar-refractivity contribution in [3.8, 4) is 5.75 Å². The average molecular weight is 592 g/mol. The molecule has 1 aliphatic rings. The summed E-state index contributed by atoms with van der Waals surface area (Å²) < 4.78 is 21.3. The van der Waals surface area contributed by atoms with Crippen LogP contribution in [0.2, 0.25) is 10.0 Å². The first-order valence-electron chi connectivity index (χ1n) is 13.8. The average Bonchev–Trinajstić information content (AvgIpc) is 3.31. The van der Waals surface area contributed by atoms with E-state index in [0.29, 0.717) is 38.4 Å². The van der Waals surface area contributed by atoms with Gasteiger partial charge in [0.25, 0.3) is 5.91 Å². The SMILES string of the molecule is CCOc1c(C(=O)NC2CCC(C)CC2)cc2[nH]c(Cc3c(Cl)ccc(CNC(=O)C(C)(C)C)c3Cl)nc2c1F. The van der Waals surface area contributed by atoms with Gasteiger partial charge in [0.2, 0.25) is 5.91 Å². The number of H-pyrrole nitrogens is 1. The van der Waals surface area contributed by atoms with Crippen LogP contribution in [0.25, 0.3) is 11.0 Å². The Balaban J connectivity index is 1.61. The highest BCUT2D eigenvalue weighted by Gasteiger charge is 2.26. The minimum atomic E-state index is -0.694. The van der Waals surface area contributed by atoms with Crippen molar-refractivity contribution in [1.29, 1.82) is 0 Å². The van der Waals surface area contributed by atoms with Gasteiger partial charge in [0.1, 0.15) is 11.3 Å². The molecule has 1 saturated carbocycles. The van der Waals surface area contributed by atoms with E-state index >= 15 is 4.39 Å². The third kappa shape index (κ3) is 6.72. The molecule has 4 rings (SSSR count). The van der Waals surface area contributed by atoms with E-state index in [1.54, 1.807) is 25.1 Å². The van der Waals surface area contributed by atoms with Crippen LogP contribution in [0.15, 0.2) is 18.2 Å². The van der Waals surface area contributed by atoms with Gasteiger partial charge in [-0.3, -0.25) is 9.59 Å². The largest absolute Gasteiger partial charge is 0.490 e. The summed E-state index contributed by atoms with van der Waals surface area (Å²) in [6.45, 7) is 9.90. The summed E-state index contributed by atoms with van der Waals surface area (Å²) in [7, 11) is 0. The number of ether oxygens (including phenoxy) is 1. The Morgan fingerprint density at radius 2 is 1.88 bits per heavy atom. The van der Waals surface area contributed by atoms with Crippen molar-refractivity contribution in [3.05, 3.63) is 56.6 Å². The van der Waals surface area contributed by atoms with Gasteiger partial charge < -0.3 is 20.4 Å². The second-order valence-corrected chi connectivity index (χ2v) is 12.4. The first-order valence-corrected chi connectivity index (χ1v) is 14.5. The Kier molecular flexibility index (Phi) is 9.30. The zero-order chi connectivity index (χ0) is 29.2. The van der Waals surface area contributed by atoms with E-state index in [1.165, 1.54) is 0 Å². The van der Waals surface area contributed by atoms with E-state index in [1.807, 2.05) is 20.8 Å². The molecular weight excluding hydrogens is 554 g/mol. The molecule has 0 saturated heterocycles. The number of aromatic amines is 1. The van der Waals surface area contributed by atoms with E-state index in [9.17, 15) is 9.59 Å². The predicted molar refractivity (Wildman–Crippen MR) is 157 cm³/mol. The first-order chi connectivity index (χ1) is 18.9. The number of aromatic nitrogens is 2. The van der Waals surface area contributed by atoms with Crippen LogP contribution in [-0.4, -0.2) is 34.4 Å². The van der Waals surface area contributed by atoms with Crippen LogP contribution in [0, 0.1) is 17.2 Å². The molecule has 0 aliphatic heterocycles. The van der Waals surface area contributed by atoms with Crippen LogP contribution in [0.3, 0.4) is 0 Å². The third-order valence-corrected chi connectivity index (χ3v) is 8.16. The van der Waals surface area contributed by atoms with Crippen LogP contribution in [-0.2, 0) is 17.8 Å². The highest BCUT2D eigenvalue weighted by Crippen LogP contribution is 2.34. The molecule has 2 aromatic carbocycles. The van der Waals surface area contributed by atoms with Gasteiger partial charge in [0.15, 0.2) is 11.6 Å². The van der Waals surface area contributed by atoms with E-state index in [4.69, 9.17) is 27.9 Å². The second kappa shape index (κ2) is 12.4. The maximum atomic E-state index is 15.7. The number of carbonyl (C=O) groups excluding carboxylic acids is 2. The van der Waals surface area contributed by atoms with Crippen LogP contribution in [0.1, 0.15) is 87.6 Å². The number of amides is 2. The molecule has 10 heteroatoms. The molecule has 7 nitrogen and oxygen atoms in total. The Morgan fingerprint density at radius 3 is 2.52 bits per heavy atom. The summed E-state index contributed by atoms with van der Waals surface area (Å²) in [6, 6.07) is 5.12. The van der Waals surface area contributed by atoms with Gasteiger partial charge in [-0.2, -0.15) is 0 Å². The lowest BCUT2D eigenvalue weighted by Gasteiger charge is -2.27. The topological polar surface area (TPSA) is 96.1 Å².